The number of alkyl halides is 3. The van der Waals surface area contributed by atoms with E-state index >= 15 is 0 Å². The zero-order chi connectivity index (χ0) is 28.4. The van der Waals surface area contributed by atoms with Gasteiger partial charge in [-0.05, 0) is 47.0 Å². The average molecular weight is 552 g/mol. The molecule has 5 nitrogen and oxygen atoms in total. The van der Waals surface area contributed by atoms with Crippen molar-refractivity contribution in [1.82, 2.24) is 14.5 Å². The lowest BCUT2D eigenvalue weighted by Gasteiger charge is -2.16. The van der Waals surface area contributed by atoms with Gasteiger partial charge in [-0.25, -0.2) is 18.7 Å². The molecule has 0 atom stereocenters. The molecule has 5 rings (SSSR count). The fourth-order valence-corrected chi connectivity index (χ4v) is 4.21. The second-order valence-corrected chi connectivity index (χ2v) is 9.12. The van der Waals surface area contributed by atoms with Gasteiger partial charge in [0.2, 0.25) is 0 Å². The summed E-state index contributed by atoms with van der Waals surface area (Å²) < 4.78 is 76.4. The van der Waals surface area contributed by atoms with Crippen LogP contribution in [-0.2, 0) is 17.5 Å². The third-order valence-electron chi connectivity index (χ3n) is 6.34. The predicted octanol–water partition coefficient (Wildman–Crippen LogP) is 7.42. The van der Waals surface area contributed by atoms with Crippen LogP contribution < -0.4 is 4.74 Å². The van der Waals surface area contributed by atoms with E-state index in [1.165, 1.54) is 24.3 Å². The van der Waals surface area contributed by atoms with Crippen molar-refractivity contribution in [3.63, 3.8) is 0 Å². The van der Waals surface area contributed by atoms with E-state index in [0.29, 0.717) is 23.5 Å². The summed E-state index contributed by atoms with van der Waals surface area (Å²) in [6, 6.07) is 15.8. The van der Waals surface area contributed by atoms with Crippen LogP contribution in [0.25, 0.3) is 33.9 Å². The Hall–Kier alpha value is -4.60. The van der Waals surface area contributed by atoms with Gasteiger partial charge in [-0.15, -0.1) is 0 Å². The highest BCUT2D eigenvalue weighted by molar-refractivity contribution is 5.79. The Balaban J connectivity index is 1.36. The van der Waals surface area contributed by atoms with Gasteiger partial charge in [-0.2, -0.15) is 13.2 Å². The number of Topliss-reactive ketones (excluding diaryl/α,β-unsaturated/α-hetero) is 1. The van der Waals surface area contributed by atoms with Gasteiger partial charge in [-0.3, -0.25) is 4.79 Å². The maximum atomic E-state index is 14.2. The largest absolute Gasteiger partial charge is 0.486 e. The summed E-state index contributed by atoms with van der Waals surface area (Å²) in [5.74, 6) is -2.17. The van der Waals surface area contributed by atoms with Crippen molar-refractivity contribution in [3.8, 4) is 39.7 Å². The van der Waals surface area contributed by atoms with Crippen LogP contribution in [0.2, 0.25) is 0 Å². The SMILES string of the molecule is CCC(=O)COc1ccc(-c2ccc(Cn3ccc4nc(-c5cccc(F)c5F)nc-4c3)cc2)c(C(F)(F)F)c1. The summed E-state index contributed by atoms with van der Waals surface area (Å²) in [6.45, 7) is 1.75. The first-order valence-corrected chi connectivity index (χ1v) is 12.4. The Labute approximate surface area is 226 Å². The molecule has 0 fully saturated rings. The maximum Gasteiger partial charge on any atom is 0.417 e. The van der Waals surface area contributed by atoms with Gasteiger partial charge >= 0.3 is 6.18 Å². The highest BCUT2D eigenvalue weighted by Gasteiger charge is 2.34. The van der Waals surface area contributed by atoms with Gasteiger partial charge in [0.1, 0.15) is 18.1 Å². The fourth-order valence-electron chi connectivity index (χ4n) is 4.21. The van der Waals surface area contributed by atoms with Crippen LogP contribution in [0.3, 0.4) is 0 Å². The zero-order valence-electron chi connectivity index (χ0n) is 21.2. The number of aromatic nitrogens is 3. The van der Waals surface area contributed by atoms with E-state index < -0.39 is 23.4 Å². The Morgan fingerprint density at radius 3 is 2.40 bits per heavy atom. The smallest absolute Gasteiger partial charge is 0.417 e. The molecule has 0 N–H and O–H groups in total. The van der Waals surface area contributed by atoms with E-state index in [-0.39, 0.29) is 41.5 Å². The number of hydrogen-bond donors (Lipinski definition) is 0. The molecule has 0 radical (unpaired) electrons. The average Bonchev–Trinajstić information content (AvgIpc) is 3.36. The number of rotatable bonds is 8. The molecular formula is C30H22F5N3O2. The maximum absolute atomic E-state index is 14.2. The van der Waals surface area contributed by atoms with E-state index in [1.807, 2.05) is 4.57 Å². The third-order valence-corrected chi connectivity index (χ3v) is 6.34. The number of nitrogens with zero attached hydrogens (tertiary/aromatic N) is 3. The normalized spacial score (nSPS) is 11.7. The minimum Gasteiger partial charge on any atom is -0.486 e. The van der Waals surface area contributed by atoms with Crippen molar-refractivity contribution in [2.24, 2.45) is 0 Å². The highest BCUT2D eigenvalue weighted by Crippen LogP contribution is 2.39. The molecule has 0 aliphatic carbocycles. The van der Waals surface area contributed by atoms with E-state index in [9.17, 15) is 26.7 Å². The van der Waals surface area contributed by atoms with Gasteiger partial charge in [0.15, 0.2) is 23.2 Å². The third kappa shape index (κ3) is 5.70. The number of benzene rings is 3. The van der Waals surface area contributed by atoms with E-state index in [4.69, 9.17) is 4.74 Å². The summed E-state index contributed by atoms with van der Waals surface area (Å²) in [5, 5.41) is 0. The minimum absolute atomic E-state index is 0.00791. The topological polar surface area (TPSA) is 57.0 Å². The number of hydrogen-bond acceptors (Lipinski definition) is 4. The summed E-state index contributed by atoms with van der Waals surface area (Å²) in [6.07, 6.45) is -0.929. The number of imidazole rings is 1. The van der Waals surface area contributed by atoms with Crippen LogP contribution in [-0.4, -0.2) is 26.9 Å². The molecule has 0 spiro atoms. The van der Waals surface area contributed by atoms with Crippen LogP contribution in [0.5, 0.6) is 5.75 Å². The molecule has 0 bridgehead atoms. The number of fused-ring (bicyclic) bond motifs is 1. The first kappa shape index (κ1) is 27.0. The minimum atomic E-state index is -4.62. The number of ketones is 1. The van der Waals surface area contributed by atoms with Gasteiger partial charge in [0.05, 0.1) is 16.8 Å². The lowest BCUT2D eigenvalue weighted by Crippen LogP contribution is -2.11. The fraction of sp³-hybridized carbons (Fsp3) is 0.167. The van der Waals surface area contributed by atoms with Crippen LogP contribution in [0.1, 0.15) is 24.5 Å². The van der Waals surface area contributed by atoms with Crippen LogP contribution in [0.15, 0.2) is 79.1 Å². The lowest BCUT2D eigenvalue weighted by atomic mass is 9.98. The Bertz CT molecular complexity index is 1640. The van der Waals surface area contributed by atoms with Crippen molar-refractivity contribution in [3.05, 3.63) is 102 Å². The monoisotopic (exact) mass is 551 g/mol. The second-order valence-electron chi connectivity index (χ2n) is 9.12. The molecule has 2 heterocycles. The first-order valence-electron chi connectivity index (χ1n) is 12.4. The van der Waals surface area contributed by atoms with E-state index in [2.05, 4.69) is 9.97 Å². The molecule has 0 unspecified atom stereocenters. The predicted molar refractivity (Wildman–Crippen MR) is 139 cm³/mol. The van der Waals surface area contributed by atoms with Crippen LogP contribution in [0, 0.1) is 11.6 Å². The number of carbonyl (C=O) groups excluding carboxylic acids is 1. The van der Waals surface area contributed by atoms with Gasteiger partial charge in [0.25, 0.3) is 0 Å². The highest BCUT2D eigenvalue weighted by atomic mass is 19.4. The zero-order valence-corrected chi connectivity index (χ0v) is 21.2. The van der Waals surface area contributed by atoms with Gasteiger partial charge in [0, 0.05) is 25.4 Å². The van der Waals surface area contributed by atoms with Crippen molar-refractivity contribution >= 4 is 5.78 Å². The Morgan fingerprint density at radius 2 is 1.68 bits per heavy atom. The van der Waals surface area contributed by atoms with E-state index in [1.54, 1.807) is 49.6 Å². The molecule has 204 valence electrons. The van der Waals surface area contributed by atoms with Crippen LogP contribution in [0.4, 0.5) is 22.0 Å². The standard InChI is InChI=1S/C30H22F5N3O2/c1-2-20(39)17-40-21-10-11-22(24(14-21)30(33,34)35)19-8-6-18(7-9-19)15-38-13-12-26-27(16-38)37-29(36-26)23-4-3-5-25(31)28(23)32/h3-14,16H,2,15,17H2,1H3. The summed E-state index contributed by atoms with van der Waals surface area (Å²) in [7, 11) is 0. The molecular weight excluding hydrogens is 529 g/mol. The van der Waals surface area contributed by atoms with Crippen molar-refractivity contribution in [1.29, 1.82) is 0 Å². The molecule has 2 aliphatic heterocycles. The summed E-state index contributed by atoms with van der Waals surface area (Å²) >= 11 is 0. The quantitative estimate of drug-likeness (QED) is 0.188. The molecule has 3 aromatic carbocycles. The summed E-state index contributed by atoms with van der Waals surface area (Å²) in [4.78, 5) is 20.1. The molecule has 10 heteroatoms. The number of carbonyl (C=O) groups is 1. The molecule has 3 aromatic rings. The lowest BCUT2D eigenvalue weighted by molar-refractivity contribution is -0.137. The number of halogens is 5. The summed E-state index contributed by atoms with van der Waals surface area (Å²) in [5.41, 5.74) is 1.28. The van der Waals surface area contributed by atoms with Gasteiger partial charge in [-0.1, -0.05) is 43.3 Å². The number of ether oxygens (including phenoxy) is 1. The van der Waals surface area contributed by atoms with E-state index in [0.717, 1.165) is 17.7 Å². The number of pyridine rings is 1. The van der Waals surface area contributed by atoms with Crippen molar-refractivity contribution in [2.45, 2.75) is 26.1 Å². The van der Waals surface area contributed by atoms with Gasteiger partial charge < -0.3 is 9.30 Å². The molecule has 0 saturated carbocycles. The first-order chi connectivity index (χ1) is 19.1. The molecule has 2 aliphatic rings. The molecule has 0 amide bonds. The molecule has 0 aromatic heterocycles. The van der Waals surface area contributed by atoms with Crippen LogP contribution >= 0.6 is 0 Å². The van der Waals surface area contributed by atoms with Crippen molar-refractivity contribution < 1.29 is 31.5 Å². The van der Waals surface area contributed by atoms with Crippen molar-refractivity contribution in [2.75, 3.05) is 6.61 Å². The molecule has 0 saturated heterocycles. The Morgan fingerprint density at radius 1 is 0.925 bits per heavy atom. The second kappa shape index (κ2) is 10.9. The Kier molecular flexibility index (Phi) is 7.34. The molecule has 40 heavy (non-hydrogen) atoms.